The van der Waals surface area contributed by atoms with Crippen molar-refractivity contribution in [2.75, 3.05) is 26.2 Å². The molecule has 3 rings (SSSR count). The van der Waals surface area contributed by atoms with E-state index in [1.165, 1.54) is 19.8 Å². The Hall–Kier alpha value is -1.70. The number of nitrogens with zero attached hydrogens (tertiary/aromatic N) is 1. The molecule has 7 heteroatoms. The largest absolute Gasteiger partial charge is 0.535 e. The van der Waals surface area contributed by atoms with E-state index in [2.05, 4.69) is 24.1 Å². The van der Waals surface area contributed by atoms with Gasteiger partial charge in [-0.15, -0.1) is 0 Å². The number of hydrogen-bond acceptors (Lipinski definition) is 6. The highest BCUT2D eigenvalue weighted by Gasteiger charge is 2.37. The molecular formula is C24H37BN2O4. The van der Waals surface area contributed by atoms with Crippen molar-refractivity contribution in [2.24, 2.45) is 5.92 Å². The van der Waals surface area contributed by atoms with Crippen LogP contribution in [0.4, 0.5) is 0 Å². The summed E-state index contributed by atoms with van der Waals surface area (Å²) in [6.07, 6.45) is 5.47. The van der Waals surface area contributed by atoms with Crippen LogP contribution in [0.15, 0.2) is 18.2 Å². The first kappa shape index (κ1) is 24.0. The molecule has 0 aromatic heterocycles. The van der Waals surface area contributed by atoms with E-state index in [0.29, 0.717) is 30.3 Å². The Morgan fingerprint density at radius 2 is 2.03 bits per heavy atom. The molecule has 1 aromatic carbocycles. The van der Waals surface area contributed by atoms with Gasteiger partial charge in [-0.05, 0) is 63.1 Å². The van der Waals surface area contributed by atoms with Gasteiger partial charge in [0.2, 0.25) is 0 Å². The van der Waals surface area contributed by atoms with Crippen molar-refractivity contribution in [1.82, 2.24) is 10.2 Å². The second-order valence-electron chi connectivity index (χ2n) is 9.61. The quantitative estimate of drug-likeness (QED) is 0.339. The molecule has 0 bridgehead atoms. The summed E-state index contributed by atoms with van der Waals surface area (Å²) in [5, 5.41) is 14.1. The Morgan fingerprint density at radius 1 is 1.29 bits per heavy atom. The van der Waals surface area contributed by atoms with E-state index < -0.39 is 7.12 Å². The van der Waals surface area contributed by atoms with Gasteiger partial charge in [0.25, 0.3) is 0 Å². The van der Waals surface area contributed by atoms with Crippen molar-refractivity contribution in [1.29, 1.82) is 0 Å². The maximum atomic E-state index is 12.7. The number of fused-ring (bicyclic) bond motifs is 1. The predicted molar refractivity (Wildman–Crippen MR) is 124 cm³/mol. The number of ketones is 2. The molecule has 1 saturated heterocycles. The van der Waals surface area contributed by atoms with E-state index in [-0.39, 0.29) is 23.8 Å². The van der Waals surface area contributed by atoms with Crippen LogP contribution in [0.5, 0.6) is 5.75 Å². The second-order valence-corrected chi connectivity index (χ2v) is 9.61. The molecule has 1 fully saturated rings. The summed E-state index contributed by atoms with van der Waals surface area (Å²) in [5.41, 5.74) is 1.38. The van der Waals surface area contributed by atoms with Crippen molar-refractivity contribution in [3.63, 3.8) is 0 Å². The molecule has 0 saturated carbocycles. The molecular weight excluding hydrogens is 391 g/mol. The van der Waals surface area contributed by atoms with Gasteiger partial charge in [0.15, 0.2) is 5.78 Å². The molecule has 2 heterocycles. The fourth-order valence-corrected chi connectivity index (χ4v) is 4.65. The maximum absolute atomic E-state index is 12.7. The lowest BCUT2D eigenvalue weighted by Gasteiger charge is -2.33. The fourth-order valence-electron chi connectivity index (χ4n) is 4.65. The van der Waals surface area contributed by atoms with E-state index >= 15 is 0 Å². The molecule has 1 aromatic rings. The van der Waals surface area contributed by atoms with Gasteiger partial charge >= 0.3 is 7.12 Å². The number of benzene rings is 1. The van der Waals surface area contributed by atoms with Crippen molar-refractivity contribution < 1.29 is 19.3 Å². The van der Waals surface area contributed by atoms with Crippen LogP contribution in [0.3, 0.4) is 0 Å². The number of carbonyl (C=O) groups excluding carboxylic acids is 2. The average molecular weight is 428 g/mol. The van der Waals surface area contributed by atoms with Gasteiger partial charge in [-0.25, -0.2) is 0 Å². The first-order chi connectivity index (χ1) is 14.8. The Morgan fingerprint density at radius 3 is 2.71 bits per heavy atom. The topological polar surface area (TPSA) is 78.9 Å². The van der Waals surface area contributed by atoms with E-state index in [0.717, 1.165) is 44.0 Å². The van der Waals surface area contributed by atoms with Crippen LogP contribution in [-0.4, -0.2) is 60.8 Å². The zero-order valence-electron chi connectivity index (χ0n) is 19.2. The third-order valence-corrected chi connectivity index (χ3v) is 6.47. The summed E-state index contributed by atoms with van der Waals surface area (Å²) in [6, 6.07) is 6.00. The van der Waals surface area contributed by atoms with Gasteiger partial charge in [0.1, 0.15) is 11.5 Å². The van der Waals surface area contributed by atoms with Crippen LogP contribution in [0.25, 0.3) is 0 Å². The third kappa shape index (κ3) is 6.89. The number of carbonyl (C=O) groups is 2. The Kier molecular flexibility index (Phi) is 8.70. The van der Waals surface area contributed by atoms with Crippen molar-refractivity contribution in [2.45, 2.75) is 71.2 Å². The van der Waals surface area contributed by atoms with E-state index in [1.807, 2.05) is 12.1 Å². The number of nitrogens with one attached hydrogen (secondary N) is 1. The number of Topliss-reactive ketones (excluding diaryl/α,β-unsaturated/α-hetero) is 2. The van der Waals surface area contributed by atoms with Crippen molar-refractivity contribution in [3.8, 4) is 5.75 Å². The maximum Gasteiger partial charge on any atom is 0.526 e. The Bertz CT molecular complexity index is 762. The van der Waals surface area contributed by atoms with Gasteiger partial charge in [-0.2, -0.15) is 0 Å². The molecule has 31 heavy (non-hydrogen) atoms. The number of likely N-dealkylation sites (tertiary alicyclic amines) is 1. The second kappa shape index (κ2) is 11.3. The lowest BCUT2D eigenvalue weighted by Crippen LogP contribution is -2.45. The van der Waals surface area contributed by atoms with Gasteiger partial charge < -0.3 is 15.0 Å². The summed E-state index contributed by atoms with van der Waals surface area (Å²) in [7, 11) is -1.06. The highest BCUT2D eigenvalue weighted by atomic mass is 16.5. The first-order valence-electron chi connectivity index (χ1n) is 11.8. The van der Waals surface area contributed by atoms with Crippen LogP contribution in [-0.2, 0) is 11.2 Å². The minimum atomic E-state index is -1.06. The molecule has 1 atom stereocenters. The molecule has 170 valence electrons. The molecule has 6 nitrogen and oxygen atoms in total. The summed E-state index contributed by atoms with van der Waals surface area (Å²) < 4.78 is 5.66. The summed E-state index contributed by atoms with van der Waals surface area (Å²) in [6.45, 7) is 9.39. The number of hydrogen-bond donors (Lipinski definition) is 2. The van der Waals surface area contributed by atoms with Gasteiger partial charge in [0.05, 0.1) is 12.1 Å². The molecule has 0 unspecified atom stereocenters. The normalized spacial score (nSPS) is 19.9. The van der Waals surface area contributed by atoms with Gasteiger partial charge in [-0.3, -0.25) is 14.5 Å². The van der Waals surface area contributed by atoms with Crippen LogP contribution in [0.1, 0.15) is 68.8 Å². The van der Waals surface area contributed by atoms with Crippen molar-refractivity contribution >= 4 is 18.7 Å². The highest BCUT2D eigenvalue weighted by Crippen LogP contribution is 2.36. The molecule has 2 aliphatic rings. The average Bonchev–Trinajstić information content (AvgIpc) is 2.72. The summed E-state index contributed by atoms with van der Waals surface area (Å²) in [4.78, 5) is 26.7. The number of piperidine rings is 1. The third-order valence-electron chi connectivity index (χ3n) is 6.47. The SMILES string of the molecule is CC(=O)c1cccc2c1OB(O)[C@@H](CC(=O)CN1CCC(NCCCC(C)C)CC1)C2. The minimum Gasteiger partial charge on any atom is -0.535 e. The summed E-state index contributed by atoms with van der Waals surface area (Å²) >= 11 is 0. The van der Waals surface area contributed by atoms with Gasteiger partial charge in [0, 0.05) is 31.4 Å². The van der Waals surface area contributed by atoms with E-state index in [4.69, 9.17) is 4.65 Å². The van der Waals surface area contributed by atoms with Crippen LogP contribution in [0, 0.1) is 5.92 Å². The predicted octanol–water partition coefficient (Wildman–Crippen LogP) is 3.12. The van der Waals surface area contributed by atoms with Crippen LogP contribution < -0.4 is 9.97 Å². The first-order valence-corrected chi connectivity index (χ1v) is 11.8. The van der Waals surface area contributed by atoms with Crippen molar-refractivity contribution in [3.05, 3.63) is 29.3 Å². The van der Waals surface area contributed by atoms with Crippen LogP contribution >= 0.6 is 0 Å². The Labute approximate surface area is 186 Å². The number of rotatable bonds is 10. The lowest BCUT2D eigenvalue weighted by molar-refractivity contribution is -0.120. The van der Waals surface area contributed by atoms with E-state index in [9.17, 15) is 14.6 Å². The zero-order valence-corrected chi connectivity index (χ0v) is 19.2. The molecule has 0 amide bonds. The monoisotopic (exact) mass is 428 g/mol. The zero-order chi connectivity index (χ0) is 22.4. The highest BCUT2D eigenvalue weighted by molar-refractivity contribution is 6.47. The smallest absolute Gasteiger partial charge is 0.526 e. The molecule has 2 N–H and O–H groups in total. The molecule has 2 aliphatic heterocycles. The minimum absolute atomic E-state index is 0.0867. The number of para-hydroxylation sites is 1. The lowest BCUT2D eigenvalue weighted by atomic mass is 9.64. The molecule has 0 aliphatic carbocycles. The standard InChI is InChI=1S/C24H37BN2O4/c1-17(2)6-5-11-26-21-9-12-27(13-10-21)16-22(29)15-20-14-19-7-4-8-23(18(3)28)24(19)31-25(20)30/h4,7-8,17,20-21,26,30H,5-6,9-16H2,1-3H3/t20-/m1/s1. The van der Waals surface area contributed by atoms with E-state index in [1.54, 1.807) is 6.07 Å². The van der Waals surface area contributed by atoms with Crippen LogP contribution in [0.2, 0.25) is 5.82 Å². The Balaban J connectivity index is 1.42. The van der Waals surface area contributed by atoms with Gasteiger partial charge in [-0.1, -0.05) is 26.0 Å². The fraction of sp³-hybridized carbons (Fsp3) is 0.667. The molecule has 0 spiro atoms. The molecule has 0 radical (unpaired) electrons. The summed E-state index contributed by atoms with van der Waals surface area (Å²) in [5.74, 6) is 1.00.